The number of hydrogen-bond donors (Lipinski definition) is 0. The molecule has 1 heterocycles. The monoisotopic (exact) mass is 210 g/mol. The van der Waals surface area contributed by atoms with Crippen molar-refractivity contribution >= 4 is 8.07 Å². The molecule has 0 aromatic carbocycles. The Morgan fingerprint density at radius 3 is 2.50 bits per heavy atom. The van der Waals surface area contributed by atoms with Crippen LogP contribution in [0.4, 0.5) is 0 Å². The molecule has 1 aliphatic heterocycles. The number of epoxide rings is 1. The third-order valence-corrected chi connectivity index (χ3v) is 6.29. The number of rotatable bonds is 3. The molecule has 0 N–H and O–H groups in total. The van der Waals surface area contributed by atoms with Gasteiger partial charge in [0, 0.05) is 8.07 Å². The zero-order valence-electron chi connectivity index (χ0n) is 9.62. The molecule has 5 unspecified atom stereocenters. The molecule has 2 aliphatic carbocycles. The van der Waals surface area contributed by atoms with Crippen LogP contribution < -0.4 is 0 Å². The van der Waals surface area contributed by atoms with Gasteiger partial charge in [0.1, 0.15) is 0 Å². The van der Waals surface area contributed by atoms with Crippen LogP contribution in [0, 0.1) is 17.8 Å². The van der Waals surface area contributed by atoms with Crippen molar-refractivity contribution < 1.29 is 4.74 Å². The minimum atomic E-state index is -0.801. The molecule has 2 saturated carbocycles. The lowest BCUT2D eigenvalue weighted by Crippen LogP contribution is -2.24. The van der Waals surface area contributed by atoms with Crippen LogP contribution in [0.3, 0.4) is 0 Å². The molecule has 0 aromatic rings. The van der Waals surface area contributed by atoms with Crippen LogP contribution in [-0.2, 0) is 4.74 Å². The Morgan fingerprint density at radius 1 is 1.14 bits per heavy atom. The summed E-state index contributed by atoms with van der Waals surface area (Å²) in [6.45, 7) is 7.49. The highest BCUT2D eigenvalue weighted by atomic mass is 28.3. The zero-order valence-corrected chi connectivity index (χ0v) is 10.6. The third kappa shape index (κ3) is 1.47. The van der Waals surface area contributed by atoms with Gasteiger partial charge in [-0.05, 0) is 30.6 Å². The summed E-state index contributed by atoms with van der Waals surface area (Å²) in [6.07, 6.45) is 5.95. The van der Waals surface area contributed by atoms with Crippen molar-refractivity contribution in [3.05, 3.63) is 0 Å². The number of hydrogen-bond acceptors (Lipinski definition) is 1. The molecule has 0 radical (unpaired) electrons. The molecule has 0 amide bonds. The topological polar surface area (TPSA) is 12.5 Å². The summed E-state index contributed by atoms with van der Waals surface area (Å²) in [5.41, 5.74) is 0. The lowest BCUT2D eigenvalue weighted by Gasteiger charge is -2.23. The van der Waals surface area contributed by atoms with Gasteiger partial charge in [-0.25, -0.2) is 0 Å². The van der Waals surface area contributed by atoms with Crippen LogP contribution in [0.15, 0.2) is 0 Å². The first-order valence-electron chi connectivity index (χ1n) is 6.20. The second kappa shape index (κ2) is 2.85. The van der Waals surface area contributed by atoms with Crippen LogP contribution in [0.2, 0.25) is 25.7 Å². The van der Waals surface area contributed by atoms with Gasteiger partial charge in [0.05, 0.1) is 12.2 Å². The molecule has 2 heteroatoms. The number of ether oxygens (including phenoxy) is 1. The fraction of sp³-hybridized carbons (Fsp3) is 1.00. The molecule has 3 fully saturated rings. The van der Waals surface area contributed by atoms with Crippen molar-refractivity contribution in [2.24, 2.45) is 17.8 Å². The van der Waals surface area contributed by atoms with Crippen LogP contribution in [0.5, 0.6) is 0 Å². The maximum Gasteiger partial charge on any atom is 0.0875 e. The second-order valence-electron chi connectivity index (χ2n) is 6.82. The summed E-state index contributed by atoms with van der Waals surface area (Å²) >= 11 is 0. The van der Waals surface area contributed by atoms with E-state index < -0.39 is 8.07 Å². The molecule has 0 aromatic heterocycles. The molecule has 14 heavy (non-hydrogen) atoms. The molecule has 3 rings (SSSR count). The molecule has 80 valence electrons. The van der Waals surface area contributed by atoms with Gasteiger partial charge in [0.2, 0.25) is 0 Å². The summed E-state index contributed by atoms with van der Waals surface area (Å²) in [5.74, 6) is 2.98. The molecule has 2 bridgehead atoms. The molecule has 1 saturated heterocycles. The average molecular weight is 210 g/mol. The molecular formula is C12H22OSi. The lowest BCUT2D eigenvalue weighted by atomic mass is 9.87. The van der Waals surface area contributed by atoms with E-state index >= 15 is 0 Å². The van der Waals surface area contributed by atoms with Crippen molar-refractivity contribution in [3.8, 4) is 0 Å². The summed E-state index contributed by atoms with van der Waals surface area (Å²) in [5, 5.41) is 0. The Hall–Kier alpha value is 0.177. The standard InChI is InChI=1S/C12H22OSi/c1-14(2,3)5-4-8-6-9-7-10(8)12-11(9)13-12/h8-12H,4-7H2,1-3H3. The van der Waals surface area contributed by atoms with Gasteiger partial charge in [-0.1, -0.05) is 32.1 Å². The van der Waals surface area contributed by atoms with Crippen molar-refractivity contribution in [2.75, 3.05) is 0 Å². The average Bonchev–Trinajstić information content (AvgIpc) is 2.69. The van der Waals surface area contributed by atoms with E-state index in [4.69, 9.17) is 4.74 Å². The van der Waals surface area contributed by atoms with Crippen LogP contribution >= 0.6 is 0 Å². The minimum absolute atomic E-state index is 0.723. The Bertz CT molecular complexity index is 245. The van der Waals surface area contributed by atoms with E-state index in [0.717, 1.165) is 30.0 Å². The first-order chi connectivity index (χ1) is 6.54. The summed E-state index contributed by atoms with van der Waals surface area (Å²) < 4.78 is 5.71. The highest BCUT2D eigenvalue weighted by Crippen LogP contribution is 2.59. The number of fused-ring (bicyclic) bond motifs is 5. The van der Waals surface area contributed by atoms with Gasteiger partial charge in [-0.15, -0.1) is 0 Å². The Balaban J connectivity index is 1.56. The quantitative estimate of drug-likeness (QED) is 0.515. The van der Waals surface area contributed by atoms with Gasteiger partial charge in [-0.2, -0.15) is 0 Å². The fourth-order valence-electron chi connectivity index (χ4n) is 3.68. The Morgan fingerprint density at radius 2 is 1.93 bits per heavy atom. The van der Waals surface area contributed by atoms with Gasteiger partial charge in [-0.3, -0.25) is 0 Å². The molecule has 0 spiro atoms. The first kappa shape index (κ1) is 9.41. The van der Waals surface area contributed by atoms with E-state index in [0.29, 0.717) is 0 Å². The Labute approximate surface area is 88.2 Å². The summed E-state index contributed by atoms with van der Waals surface area (Å²) in [7, 11) is -0.801. The maximum absolute atomic E-state index is 5.71. The van der Waals surface area contributed by atoms with Gasteiger partial charge >= 0.3 is 0 Å². The summed E-state index contributed by atoms with van der Waals surface area (Å²) in [6, 6.07) is 1.53. The second-order valence-corrected chi connectivity index (χ2v) is 12.4. The smallest absolute Gasteiger partial charge is 0.0875 e. The van der Waals surface area contributed by atoms with E-state index in [9.17, 15) is 0 Å². The van der Waals surface area contributed by atoms with Crippen molar-refractivity contribution in [2.45, 2.75) is 57.2 Å². The third-order valence-electron chi connectivity index (χ3n) is 4.50. The van der Waals surface area contributed by atoms with E-state index in [1.54, 1.807) is 0 Å². The highest BCUT2D eigenvalue weighted by Gasteiger charge is 2.62. The van der Waals surface area contributed by atoms with Crippen LogP contribution in [0.1, 0.15) is 19.3 Å². The molecular weight excluding hydrogens is 188 g/mol. The Kier molecular flexibility index (Phi) is 1.92. The zero-order chi connectivity index (χ0) is 9.92. The van der Waals surface area contributed by atoms with Crippen molar-refractivity contribution in [1.82, 2.24) is 0 Å². The first-order valence-corrected chi connectivity index (χ1v) is 9.91. The van der Waals surface area contributed by atoms with E-state index in [-0.39, 0.29) is 0 Å². The van der Waals surface area contributed by atoms with Gasteiger partial charge in [0.25, 0.3) is 0 Å². The van der Waals surface area contributed by atoms with Crippen LogP contribution in [-0.4, -0.2) is 20.3 Å². The van der Waals surface area contributed by atoms with Crippen molar-refractivity contribution in [3.63, 3.8) is 0 Å². The molecule has 5 atom stereocenters. The molecule has 3 aliphatic rings. The highest BCUT2D eigenvalue weighted by molar-refractivity contribution is 6.76. The minimum Gasteiger partial charge on any atom is -0.369 e. The van der Waals surface area contributed by atoms with Crippen LogP contribution in [0.25, 0.3) is 0 Å². The summed E-state index contributed by atoms with van der Waals surface area (Å²) in [4.78, 5) is 0. The predicted molar refractivity (Wildman–Crippen MR) is 61.1 cm³/mol. The molecule has 1 nitrogen and oxygen atoms in total. The maximum atomic E-state index is 5.71. The van der Waals surface area contributed by atoms with Gasteiger partial charge < -0.3 is 4.74 Å². The van der Waals surface area contributed by atoms with Gasteiger partial charge in [0.15, 0.2) is 0 Å². The largest absolute Gasteiger partial charge is 0.369 e. The van der Waals surface area contributed by atoms with Crippen molar-refractivity contribution in [1.29, 1.82) is 0 Å². The SMILES string of the molecule is C[Si](C)(C)CCC1CC2CC1C1OC21. The van der Waals surface area contributed by atoms with E-state index in [2.05, 4.69) is 19.6 Å². The predicted octanol–water partition coefficient (Wildman–Crippen LogP) is 3.14. The fourth-order valence-corrected chi connectivity index (χ4v) is 4.92. The van der Waals surface area contributed by atoms with E-state index in [1.807, 2.05) is 0 Å². The lowest BCUT2D eigenvalue weighted by molar-refractivity contribution is 0.248. The van der Waals surface area contributed by atoms with E-state index in [1.165, 1.54) is 25.3 Å². The normalized spacial score (nSPS) is 49.5.